The Balaban J connectivity index is 2.26. The van der Waals surface area contributed by atoms with Crippen molar-refractivity contribution >= 4 is 6.08 Å². The zero-order valence-electron chi connectivity index (χ0n) is 10.1. The average molecular weight is 248 g/mol. The summed E-state index contributed by atoms with van der Waals surface area (Å²) in [4.78, 5) is 10.2. The first-order valence-corrected chi connectivity index (χ1v) is 5.80. The summed E-state index contributed by atoms with van der Waals surface area (Å²) in [6, 6.07) is 5.24. The maximum absolute atomic E-state index is 9.80. The van der Waals surface area contributed by atoms with Crippen LogP contribution in [0.3, 0.4) is 0 Å². The fraction of sp³-hybridized carbons (Fsp3) is 0.286. The summed E-state index contributed by atoms with van der Waals surface area (Å²) < 4.78 is 0. The second-order valence-corrected chi connectivity index (χ2v) is 4.04. The molecule has 2 N–H and O–H groups in total. The minimum atomic E-state index is -0.759. The van der Waals surface area contributed by atoms with Gasteiger partial charge in [0, 0.05) is 5.56 Å². The Kier molecular flexibility index (Phi) is 4.15. The largest absolute Gasteiger partial charge is 0.508 e. The maximum Gasteiger partial charge on any atom is 0.141 e. The van der Waals surface area contributed by atoms with Crippen LogP contribution in [0.5, 0.6) is 5.75 Å². The van der Waals surface area contributed by atoms with Gasteiger partial charge in [0.15, 0.2) is 0 Å². The lowest BCUT2D eigenvalue weighted by Crippen LogP contribution is -2.26. The Morgan fingerprint density at radius 1 is 1.44 bits per heavy atom. The molecule has 0 bridgehead atoms. The van der Waals surface area contributed by atoms with Crippen molar-refractivity contribution in [3.8, 4) is 5.75 Å². The topological polar surface area (TPSA) is 58.9 Å². The van der Waals surface area contributed by atoms with E-state index < -0.39 is 12.2 Å². The number of fused-ring (bicyclic) bond motifs is 1. The standard InChI is InChI=1S/C14H16O4/c1-2-4-13(16)14-8-7-10-5-3-6-12(15)11(10)9-17-18-14/h2-8,13-16H,9H2,1H3. The van der Waals surface area contributed by atoms with E-state index in [4.69, 9.17) is 9.78 Å². The van der Waals surface area contributed by atoms with Crippen LogP contribution in [-0.4, -0.2) is 22.4 Å². The highest BCUT2D eigenvalue weighted by atomic mass is 17.2. The van der Waals surface area contributed by atoms with Crippen molar-refractivity contribution in [2.45, 2.75) is 25.7 Å². The smallest absolute Gasteiger partial charge is 0.141 e. The molecule has 0 saturated carbocycles. The third-order valence-electron chi connectivity index (χ3n) is 2.76. The number of phenolic OH excluding ortho intramolecular Hbond substituents is 1. The summed E-state index contributed by atoms with van der Waals surface area (Å²) in [5.74, 6) is 0.174. The molecular formula is C14H16O4. The zero-order valence-corrected chi connectivity index (χ0v) is 10.1. The summed E-state index contributed by atoms with van der Waals surface area (Å²) in [6.07, 6.45) is 5.59. The van der Waals surface area contributed by atoms with Crippen LogP contribution < -0.4 is 0 Å². The number of aliphatic hydroxyl groups excluding tert-OH is 1. The van der Waals surface area contributed by atoms with Crippen molar-refractivity contribution in [2.75, 3.05) is 0 Å². The molecule has 2 unspecified atom stereocenters. The fourth-order valence-corrected chi connectivity index (χ4v) is 1.78. The highest BCUT2D eigenvalue weighted by Gasteiger charge is 2.18. The molecule has 0 saturated heterocycles. The van der Waals surface area contributed by atoms with Crippen LogP contribution in [0, 0.1) is 0 Å². The van der Waals surface area contributed by atoms with Gasteiger partial charge in [-0.25, -0.2) is 9.78 Å². The van der Waals surface area contributed by atoms with Crippen molar-refractivity contribution in [2.24, 2.45) is 0 Å². The monoisotopic (exact) mass is 248 g/mol. The van der Waals surface area contributed by atoms with E-state index in [1.165, 1.54) is 0 Å². The number of hydrogen-bond acceptors (Lipinski definition) is 4. The Bertz CT molecular complexity index is 465. The van der Waals surface area contributed by atoms with Gasteiger partial charge in [0.05, 0.1) is 0 Å². The van der Waals surface area contributed by atoms with E-state index in [9.17, 15) is 10.2 Å². The Morgan fingerprint density at radius 2 is 2.28 bits per heavy atom. The minimum Gasteiger partial charge on any atom is -0.508 e. The molecule has 18 heavy (non-hydrogen) atoms. The molecule has 96 valence electrons. The van der Waals surface area contributed by atoms with E-state index in [1.54, 1.807) is 30.4 Å². The molecule has 4 nitrogen and oxygen atoms in total. The average Bonchev–Trinajstić information content (AvgIpc) is 2.31. The highest BCUT2D eigenvalue weighted by Crippen LogP contribution is 2.25. The summed E-state index contributed by atoms with van der Waals surface area (Å²) in [5, 5.41) is 19.5. The molecule has 0 fully saturated rings. The van der Waals surface area contributed by atoms with Crippen LogP contribution in [0.15, 0.2) is 36.4 Å². The van der Waals surface area contributed by atoms with Gasteiger partial charge >= 0.3 is 0 Å². The Hall–Kier alpha value is -1.62. The zero-order chi connectivity index (χ0) is 13.0. The normalized spacial score (nSPS) is 21.3. The number of allylic oxidation sites excluding steroid dienone is 1. The molecule has 1 aliphatic rings. The number of rotatable bonds is 2. The SMILES string of the molecule is CC=CC(O)C1C=Cc2cccc(O)c2COO1. The van der Waals surface area contributed by atoms with E-state index in [1.807, 2.05) is 19.1 Å². The first kappa shape index (κ1) is 12.8. The van der Waals surface area contributed by atoms with Crippen molar-refractivity contribution < 1.29 is 20.0 Å². The summed E-state index contributed by atoms with van der Waals surface area (Å²) in [6.45, 7) is 1.97. The van der Waals surface area contributed by atoms with Gasteiger partial charge in [-0.3, -0.25) is 0 Å². The number of phenols is 1. The van der Waals surface area contributed by atoms with Gasteiger partial charge in [0.25, 0.3) is 0 Å². The van der Waals surface area contributed by atoms with Gasteiger partial charge in [-0.15, -0.1) is 0 Å². The predicted octanol–water partition coefficient (Wildman–Crippen LogP) is 2.17. The van der Waals surface area contributed by atoms with Gasteiger partial charge in [0.2, 0.25) is 0 Å². The third kappa shape index (κ3) is 2.79. The van der Waals surface area contributed by atoms with Gasteiger partial charge in [-0.05, 0) is 24.6 Å². The second kappa shape index (κ2) is 5.82. The molecule has 1 heterocycles. The van der Waals surface area contributed by atoms with Crippen LogP contribution >= 0.6 is 0 Å². The molecule has 0 radical (unpaired) electrons. The van der Waals surface area contributed by atoms with E-state index in [2.05, 4.69) is 0 Å². The van der Waals surface area contributed by atoms with Crippen molar-refractivity contribution in [1.29, 1.82) is 0 Å². The van der Waals surface area contributed by atoms with Gasteiger partial charge < -0.3 is 10.2 Å². The maximum atomic E-state index is 9.80. The fourth-order valence-electron chi connectivity index (χ4n) is 1.78. The molecule has 2 rings (SSSR count). The van der Waals surface area contributed by atoms with Crippen molar-refractivity contribution in [3.63, 3.8) is 0 Å². The van der Waals surface area contributed by atoms with E-state index in [0.717, 1.165) is 5.56 Å². The van der Waals surface area contributed by atoms with Crippen LogP contribution in [0.25, 0.3) is 6.08 Å². The van der Waals surface area contributed by atoms with E-state index in [-0.39, 0.29) is 12.4 Å². The Morgan fingerprint density at radius 3 is 3.06 bits per heavy atom. The van der Waals surface area contributed by atoms with Crippen LogP contribution in [0.1, 0.15) is 18.1 Å². The van der Waals surface area contributed by atoms with Crippen LogP contribution in [0.4, 0.5) is 0 Å². The number of hydrogen-bond donors (Lipinski definition) is 2. The molecular weight excluding hydrogens is 232 g/mol. The Labute approximate surface area is 106 Å². The first-order chi connectivity index (χ1) is 8.72. The van der Waals surface area contributed by atoms with Gasteiger partial charge in [-0.2, -0.15) is 0 Å². The van der Waals surface area contributed by atoms with Gasteiger partial charge in [-0.1, -0.05) is 30.4 Å². The lowest BCUT2D eigenvalue weighted by molar-refractivity contribution is -0.332. The first-order valence-electron chi connectivity index (χ1n) is 5.80. The molecule has 0 spiro atoms. The second-order valence-electron chi connectivity index (χ2n) is 4.04. The lowest BCUT2D eigenvalue weighted by atomic mass is 10.0. The number of benzene rings is 1. The lowest BCUT2D eigenvalue weighted by Gasteiger charge is -2.19. The van der Waals surface area contributed by atoms with Gasteiger partial charge in [0.1, 0.15) is 24.6 Å². The molecule has 1 aromatic rings. The predicted molar refractivity (Wildman–Crippen MR) is 67.6 cm³/mol. The molecule has 4 heteroatoms. The van der Waals surface area contributed by atoms with Crippen LogP contribution in [-0.2, 0) is 16.4 Å². The summed E-state index contributed by atoms with van der Waals surface area (Å²) in [5.41, 5.74) is 1.53. The molecule has 0 aromatic heterocycles. The quantitative estimate of drug-likeness (QED) is 0.622. The molecule has 1 aliphatic heterocycles. The van der Waals surface area contributed by atoms with Crippen LogP contribution in [0.2, 0.25) is 0 Å². The minimum absolute atomic E-state index is 0.144. The third-order valence-corrected chi connectivity index (χ3v) is 2.76. The number of aliphatic hydroxyl groups is 1. The van der Waals surface area contributed by atoms with E-state index >= 15 is 0 Å². The number of aromatic hydroxyl groups is 1. The molecule has 2 atom stereocenters. The van der Waals surface area contributed by atoms with Crippen molar-refractivity contribution in [3.05, 3.63) is 47.6 Å². The molecule has 0 aliphatic carbocycles. The summed E-state index contributed by atoms with van der Waals surface area (Å²) in [7, 11) is 0. The molecule has 1 aromatic carbocycles. The summed E-state index contributed by atoms with van der Waals surface area (Å²) >= 11 is 0. The van der Waals surface area contributed by atoms with E-state index in [0.29, 0.717) is 5.56 Å². The van der Waals surface area contributed by atoms with Crippen molar-refractivity contribution in [1.82, 2.24) is 0 Å². The highest BCUT2D eigenvalue weighted by molar-refractivity contribution is 5.58. The molecule has 0 amide bonds.